The number of nitrogens with zero attached hydrogens (tertiary/aromatic N) is 4. The topological polar surface area (TPSA) is 97.6 Å². The fourth-order valence-corrected chi connectivity index (χ4v) is 2.65. The lowest BCUT2D eigenvalue weighted by molar-refractivity contribution is 0.106. The van der Waals surface area contributed by atoms with Crippen molar-refractivity contribution in [2.75, 3.05) is 6.26 Å². The summed E-state index contributed by atoms with van der Waals surface area (Å²) in [5, 5.41) is 13.0. The summed E-state index contributed by atoms with van der Waals surface area (Å²) < 4.78 is 5.71. The fraction of sp³-hybridized carbons (Fsp3) is 0.105. The number of rotatable bonds is 7. The third-order valence-electron chi connectivity index (χ3n) is 3.60. The van der Waals surface area contributed by atoms with E-state index in [1.165, 1.54) is 24.0 Å². The standard InChI is InChI=1S/C19H16N4O3S/c1-27-19-21-9-7-16(22-19)17(23-25)18(24)14-5-2-6-15(10-14)26-12-13-4-3-8-20-11-13/h2-11,25H,12H2,1H3. The maximum absolute atomic E-state index is 12.8. The molecule has 3 rings (SSSR count). The van der Waals surface area contributed by atoms with Crippen molar-refractivity contribution >= 4 is 23.3 Å². The number of aromatic nitrogens is 3. The predicted molar refractivity (Wildman–Crippen MR) is 101 cm³/mol. The summed E-state index contributed by atoms with van der Waals surface area (Å²) >= 11 is 1.33. The van der Waals surface area contributed by atoms with Crippen LogP contribution in [0.4, 0.5) is 0 Å². The fourth-order valence-electron chi connectivity index (χ4n) is 2.30. The van der Waals surface area contributed by atoms with E-state index >= 15 is 0 Å². The molecule has 136 valence electrons. The predicted octanol–water partition coefficient (Wildman–Crippen LogP) is 3.23. The summed E-state index contributed by atoms with van der Waals surface area (Å²) in [6, 6.07) is 11.9. The minimum atomic E-state index is -0.463. The second kappa shape index (κ2) is 8.91. The number of hydrogen-bond donors (Lipinski definition) is 1. The molecule has 0 bridgehead atoms. The molecule has 8 heteroatoms. The molecule has 27 heavy (non-hydrogen) atoms. The van der Waals surface area contributed by atoms with E-state index in [9.17, 15) is 10.0 Å². The molecule has 0 saturated carbocycles. The molecule has 1 N–H and O–H groups in total. The normalized spacial score (nSPS) is 11.2. The van der Waals surface area contributed by atoms with Crippen molar-refractivity contribution in [2.45, 2.75) is 11.8 Å². The molecule has 0 fully saturated rings. The van der Waals surface area contributed by atoms with Crippen LogP contribution in [-0.2, 0) is 6.61 Å². The Morgan fingerprint density at radius 2 is 2.11 bits per heavy atom. The highest BCUT2D eigenvalue weighted by molar-refractivity contribution is 7.98. The van der Waals surface area contributed by atoms with E-state index in [-0.39, 0.29) is 11.4 Å². The molecule has 2 aromatic heterocycles. The highest BCUT2D eigenvalue weighted by Gasteiger charge is 2.19. The van der Waals surface area contributed by atoms with Crippen molar-refractivity contribution in [2.24, 2.45) is 5.16 Å². The molecule has 2 heterocycles. The van der Waals surface area contributed by atoms with Gasteiger partial charge in [0.05, 0.1) is 0 Å². The molecule has 7 nitrogen and oxygen atoms in total. The minimum absolute atomic E-state index is 0.155. The lowest BCUT2D eigenvalue weighted by Crippen LogP contribution is -2.18. The first-order valence-electron chi connectivity index (χ1n) is 7.97. The number of Topliss-reactive ketones (excluding diaryl/α,β-unsaturated/α-hetero) is 1. The third-order valence-corrected chi connectivity index (χ3v) is 4.16. The van der Waals surface area contributed by atoms with E-state index in [0.717, 1.165) is 5.56 Å². The Labute approximate surface area is 160 Å². The minimum Gasteiger partial charge on any atom is -0.489 e. The van der Waals surface area contributed by atoms with Crippen LogP contribution in [0.3, 0.4) is 0 Å². The average molecular weight is 380 g/mol. The molecule has 0 atom stereocenters. The van der Waals surface area contributed by atoms with Crippen molar-refractivity contribution in [3.63, 3.8) is 0 Å². The van der Waals surface area contributed by atoms with Crippen molar-refractivity contribution in [3.05, 3.63) is 77.9 Å². The monoisotopic (exact) mass is 380 g/mol. The lowest BCUT2D eigenvalue weighted by Gasteiger charge is -2.08. The van der Waals surface area contributed by atoms with E-state index in [0.29, 0.717) is 23.1 Å². The summed E-state index contributed by atoms with van der Waals surface area (Å²) in [5.74, 6) is 0.0598. The maximum atomic E-state index is 12.8. The van der Waals surface area contributed by atoms with Crippen molar-refractivity contribution in [1.29, 1.82) is 0 Å². The molecule has 0 unspecified atom stereocenters. The molecule has 0 aliphatic heterocycles. The van der Waals surface area contributed by atoms with Crippen LogP contribution in [0.2, 0.25) is 0 Å². The molecular formula is C19H16N4O3S. The van der Waals surface area contributed by atoms with Gasteiger partial charge in [0.2, 0.25) is 5.78 Å². The lowest BCUT2D eigenvalue weighted by atomic mass is 10.0. The van der Waals surface area contributed by atoms with Crippen LogP contribution in [0.15, 0.2) is 71.4 Å². The maximum Gasteiger partial charge on any atom is 0.217 e. The second-order valence-corrected chi connectivity index (χ2v) is 6.16. The van der Waals surface area contributed by atoms with Gasteiger partial charge in [0, 0.05) is 29.7 Å². The molecule has 0 saturated heterocycles. The Balaban J connectivity index is 1.79. The number of benzene rings is 1. The Hall–Kier alpha value is -3.26. The Kier molecular flexibility index (Phi) is 6.11. The van der Waals surface area contributed by atoms with Gasteiger partial charge in [0.15, 0.2) is 10.9 Å². The van der Waals surface area contributed by atoms with Gasteiger partial charge in [-0.25, -0.2) is 9.97 Å². The van der Waals surface area contributed by atoms with Crippen LogP contribution in [0.25, 0.3) is 0 Å². The van der Waals surface area contributed by atoms with Gasteiger partial charge in [-0.05, 0) is 30.5 Å². The van der Waals surface area contributed by atoms with Crippen LogP contribution in [0, 0.1) is 0 Å². The van der Waals surface area contributed by atoms with Crippen molar-refractivity contribution < 1.29 is 14.7 Å². The average Bonchev–Trinajstić information content (AvgIpc) is 2.74. The number of ether oxygens (including phenoxy) is 1. The summed E-state index contributed by atoms with van der Waals surface area (Å²) in [6.07, 6.45) is 6.73. The van der Waals surface area contributed by atoms with E-state index in [4.69, 9.17) is 4.74 Å². The van der Waals surface area contributed by atoms with Gasteiger partial charge in [-0.15, -0.1) is 0 Å². The Bertz CT molecular complexity index is 964. The zero-order chi connectivity index (χ0) is 19.1. The van der Waals surface area contributed by atoms with E-state index in [2.05, 4.69) is 20.1 Å². The number of carbonyl (C=O) groups is 1. The van der Waals surface area contributed by atoms with Gasteiger partial charge in [-0.1, -0.05) is 35.1 Å². The third kappa shape index (κ3) is 4.68. The quantitative estimate of drug-likeness (QED) is 0.168. The second-order valence-electron chi connectivity index (χ2n) is 5.38. The molecule has 0 aliphatic carbocycles. The zero-order valence-corrected chi connectivity index (χ0v) is 15.3. The SMILES string of the molecule is CSc1nccc(C(=NO)C(=O)c2cccc(OCc3cccnc3)c2)n1. The Morgan fingerprint density at radius 1 is 1.22 bits per heavy atom. The number of thioether (sulfide) groups is 1. The number of oxime groups is 1. The molecule has 0 spiro atoms. The highest BCUT2D eigenvalue weighted by atomic mass is 32.2. The van der Waals surface area contributed by atoms with E-state index in [1.807, 2.05) is 18.4 Å². The van der Waals surface area contributed by atoms with Crippen LogP contribution in [0.1, 0.15) is 21.6 Å². The van der Waals surface area contributed by atoms with E-state index in [1.54, 1.807) is 36.7 Å². The van der Waals surface area contributed by atoms with Crippen LogP contribution < -0.4 is 4.74 Å². The Morgan fingerprint density at radius 3 is 2.85 bits per heavy atom. The van der Waals surface area contributed by atoms with Crippen molar-refractivity contribution in [3.8, 4) is 5.75 Å². The van der Waals surface area contributed by atoms with Gasteiger partial charge in [0.1, 0.15) is 18.1 Å². The summed E-state index contributed by atoms with van der Waals surface area (Å²) in [7, 11) is 0. The summed E-state index contributed by atoms with van der Waals surface area (Å²) in [5.41, 5.74) is 1.34. The first-order valence-corrected chi connectivity index (χ1v) is 9.19. The zero-order valence-electron chi connectivity index (χ0n) is 14.4. The largest absolute Gasteiger partial charge is 0.489 e. The van der Waals surface area contributed by atoms with E-state index < -0.39 is 5.78 Å². The van der Waals surface area contributed by atoms with Gasteiger partial charge in [-0.2, -0.15) is 0 Å². The molecule has 0 aliphatic rings. The molecule has 1 aromatic carbocycles. The first kappa shape index (κ1) is 18.5. The molecular weight excluding hydrogens is 364 g/mol. The highest BCUT2D eigenvalue weighted by Crippen LogP contribution is 2.17. The summed E-state index contributed by atoms with van der Waals surface area (Å²) in [6.45, 7) is 0.329. The van der Waals surface area contributed by atoms with Gasteiger partial charge < -0.3 is 9.94 Å². The van der Waals surface area contributed by atoms with Gasteiger partial charge in [-0.3, -0.25) is 9.78 Å². The number of pyridine rings is 1. The van der Waals surface area contributed by atoms with Crippen LogP contribution >= 0.6 is 11.8 Å². The van der Waals surface area contributed by atoms with Gasteiger partial charge in [0.25, 0.3) is 0 Å². The first-order chi connectivity index (χ1) is 13.2. The van der Waals surface area contributed by atoms with Gasteiger partial charge >= 0.3 is 0 Å². The smallest absolute Gasteiger partial charge is 0.217 e. The molecule has 0 amide bonds. The number of carbonyl (C=O) groups excluding carboxylic acids is 1. The number of hydrogen-bond acceptors (Lipinski definition) is 8. The van der Waals surface area contributed by atoms with Crippen molar-refractivity contribution in [1.82, 2.24) is 15.0 Å². The van der Waals surface area contributed by atoms with Crippen LogP contribution in [0.5, 0.6) is 5.75 Å². The summed E-state index contributed by atoms with van der Waals surface area (Å²) in [4.78, 5) is 25.1. The molecule has 3 aromatic rings. The van der Waals surface area contributed by atoms with Crippen LogP contribution in [-0.4, -0.2) is 37.9 Å². The molecule has 0 radical (unpaired) electrons. The number of ketones is 1.